The van der Waals surface area contributed by atoms with Crippen molar-refractivity contribution in [2.24, 2.45) is 0 Å². The zero-order valence-electron chi connectivity index (χ0n) is 12.4. The van der Waals surface area contributed by atoms with Crippen molar-refractivity contribution in [3.05, 3.63) is 24.2 Å². The highest BCUT2D eigenvalue weighted by Crippen LogP contribution is 2.19. The van der Waals surface area contributed by atoms with Gasteiger partial charge in [-0.05, 0) is 44.5 Å². The maximum Gasteiger partial charge on any atom is 0.293 e. The fraction of sp³-hybridized carbons (Fsp3) is 0.600. The molecule has 1 aliphatic rings. The van der Waals surface area contributed by atoms with E-state index in [1.165, 1.54) is 12.8 Å². The number of aromatic nitrogens is 2. The van der Waals surface area contributed by atoms with Gasteiger partial charge in [0, 0.05) is 12.6 Å². The zero-order chi connectivity index (χ0) is 14.5. The van der Waals surface area contributed by atoms with Gasteiger partial charge < -0.3 is 14.3 Å². The summed E-state index contributed by atoms with van der Waals surface area (Å²) in [6.45, 7) is 6.15. The average molecular weight is 290 g/mol. The van der Waals surface area contributed by atoms with Gasteiger partial charge in [-0.2, -0.15) is 4.98 Å². The number of nitrogens with one attached hydrogen (secondary N) is 1. The van der Waals surface area contributed by atoms with Crippen LogP contribution in [0.3, 0.4) is 0 Å². The second kappa shape index (κ2) is 6.87. The van der Waals surface area contributed by atoms with Gasteiger partial charge in [0.05, 0.1) is 12.8 Å². The Morgan fingerprint density at radius 3 is 3.14 bits per heavy atom. The molecule has 0 amide bonds. The first-order valence-corrected chi connectivity index (χ1v) is 7.68. The van der Waals surface area contributed by atoms with Gasteiger partial charge in [0.2, 0.25) is 0 Å². The lowest BCUT2D eigenvalue weighted by atomic mass is 10.1. The molecule has 6 heteroatoms. The Balaban J connectivity index is 1.67. The lowest BCUT2D eigenvalue weighted by Gasteiger charge is -2.33. The van der Waals surface area contributed by atoms with E-state index < -0.39 is 0 Å². The normalized spacial score (nSPS) is 19.2. The predicted molar refractivity (Wildman–Crippen MR) is 78.6 cm³/mol. The van der Waals surface area contributed by atoms with E-state index in [-0.39, 0.29) is 0 Å². The molecule has 0 bridgehead atoms. The van der Waals surface area contributed by atoms with Crippen molar-refractivity contribution in [1.82, 2.24) is 20.4 Å². The minimum Gasteiger partial charge on any atom is -0.459 e. The predicted octanol–water partition coefficient (Wildman–Crippen LogP) is 2.29. The van der Waals surface area contributed by atoms with Gasteiger partial charge in [-0.15, -0.1) is 0 Å². The molecule has 1 fully saturated rings. The molecule has 3 rings (SSSR count). The van der Waals surface area contributed by atoms with E-state index in [2.05, 4.69) is 27.3 Å². The van der Waals surface area contributed by atoms with Crippen molar-refractivity contribution in [2.45, 2.75) is 38.8 Å². The van der Waals surface area contributed by atoms with Crippen molar-refractivity contribution in [3.8, 4) is 11.7 Å². The van der Waals surface area contributed by atoms with E-state index in [4.69, 9.17) is 8.94 Å². The fourth-order valence-electron chi connectivity index (χ4n) is 2.82. The summed E-state index contributed by atoms with van der Waals surface area (Å²) in [6, 6.07) is 4.20. The van der Waals surface area contributed by atoms with Gasteiger partial charge in [-0.25, -0.2) is 0 Å². The number of hydrogen-bond acceptors (Lipinski definition) is 6. The third-order valence-corrected chi connectivity index (χ3v) is 3.84. The summed E-state index contributed by atoms with van der Waals surface area (Å²) in [7, 11) is 0. The Morgan fingerprint density at radius 1 is 1.48 bits per heavy atom. The molecular weight excluding hydrogens is 268 g/mol. The van der Waals surface area contributed by atoms with E-state index in [0.29, 0.717) is 17.7 Å². The van der Waals surface area contributed by atoms with Crippen LogP contribution in [0.5, 0.6) is 0 Å². The molecule has 6 nitrogen and oxygen atoms in total. The first kappa shape index (κ1) is 14.3. The number of furan rings is 1. The minimum atomic E-state index is 0.452. The van der Waals surface area contributed by atoms with E-state index >= 15 is 0 Å². The molecule has 0 saturated carbocycles. The molecule has 0 aromatic carbocycles. The third-order valence-electron chi connectivity index (χ3n) is 3.84. The topological polar surface area (TPSA) is 67.3 Å². The van der Waals surface area contributed by atoms with Gasteiger partial charge in [0.1, 0.15) is 0 Å². The molecule has 0 radical (unpaired) electrons. The highest BCUT2D eigenvalue weighted by atomic mass is 16.5. The molecule has 1 atom stereocenters. The Bertz CT molecular complexity index is 532. The van der Waals surface area contributed by atoms with Gasteiger partial charge in [-0.1, -0.05) is 12.1 Å². The van der Waals surface area contributed by atoms with Crippen LogP contribution in [0.4, 0.5) is 0 Å². The Hall–Kier alpha value is -1.66. The summed E-state index contributed by atoms with van der Waals surface area (Å²) in [5, 5.41) is 7.55. The second-order valence-electron chi connectivity index (χ2n) is 5.46. The SMILES string of the molecule is CCCN(Cc1noc(-c2ccco2)n1)C1CCCNC1. The molecule has 114 valence electrons. The van der Waals surface area contributed by atoms with Crippen LogP contribution in [0.1, 0.15) is 32.0 Å². The number of hydrogen-bond donors (Lipinski definition) is 1. The Morgan fingerprint density at radius 2 is 2.43 bits per heavy atom. The van der Waals surface area contributed by atoms with Gasteiger partial charge in [0.25, 0.3) is 5.89 Å². The zero-order valence-corrected chi connectivity index (χ0v) is 12.4. The van der Waals surface area contributed by atoms with E-state index in [1.54, 1.807) is 6.26 Å². The van der Waals surface area contributed by atoms with E-state index in [1.807, 2.05) is 12.1 Å². The molecule has 2 aromatic heterocycles. The minimum absolute atomic E-state index is 0.452. The summed E-state index contributed by atoms with van der Waals surface area (Å²) in [5.74, 6) is 1.80. The smallest absolute Gasteiger partial charge is 0.293 e. The van der Waals surface area contributed by atoms with Gasteiger partial charge >= 0.3 is 0 Å². The molecule has 0 spiro atoms. The van der Waals surface area contributed by atoms with Crippen LogP contribution in [-0.4, -0.2) is 40.7 Å². The van der Waals surface area contributed by atoms with Crippen molar-refractivity contribution in [1.29, 1.82) is 0 Å². The van der Waals surface area contributed by atoms with Crippen LogP contribution in [0, 0.1) is 0 Å². The largest absolute Gasteiger partial charge is 0.459 e. The summed E-state index contributed by atoms with van der Waals surface area (Å²) in [4.78, 5) is 6.88. The summed E-state index contributed by atoms with van der Waals surface area (Å²) in [6.07, 6.45) is 5.19. The van der Waals surface area contributed by atoms with Crippen molar-refractivity contribution in [3.63, 3.8) is 0 Å². The molecule has 2 aromatic rings. The van der Waals surface area contributed by atoms with Gasteiger partial charge in [-0.3, -0.25) is 4.90 Å². The van der Waals surface area contributed by atoms with Crippen LogP contribution in [0.25, 0.3) is 11.7 Å². The molecule has 1 aliphatic heterocycles. The highest BCUT2D eigenvalue weighted by Gasteiger charge is 2.22. The maximum atomic E-state index is 5.28. The Labute approximate surface area is 124 Å². The Kier molecular flexibility index (Phi) is 4.67. The van der Waals surface area contributed by atoms with Crippen LogP contribution < -0.4 is 5.32 Å². The summed E-state index contributed by atoms with van der Waals surface area (Å²) < 4.78 is 10.6. The monoisotopic (exact) mass is 290 g/mol. The molecule has 1 saturated heterocycles. The molecule has 1 N–H and O–H groups in total. The fourth-order valence-corrected chi connectivity index (χ4v) is 2.82. The van der Waals surface area contributed by atoms with E-state index in [0.717, 1.165) is 38.4 Å². The number of nitrogens with zero attached hydrogens (tertiary/aromatic N) is 3. The average Bonchev–Trinajstić information content (AvgIpc) is 3.19. The van der Waals surface area contributed by atoms with Gasteiger partial charge in [0.15, 0.2) is 11.6 Å². The van der Waals surface area contributed by atoms with Crippen LogP contribution in [0.15, 0.2) is 27.3 Å². The van der Waals surface area contributed by atoms with Crippen molar-refractivity contribution in [2.75, 3.05) is 19.6 Å². The standard InChI is InChI=1S/C15H22N4O2/c1-2-8-19(12-5-3-7-16-10-12)11-14-17-15(21-18-14)13-6-4-9-20-13/h4,6,9,12,16H,2-3,5,7-8,10-11H2,1H3. The highest BCUT2D eigenvalue weighted by molar-refractivity contribution is 5.42. The third kappa shape index (κ3) is 3.51. The molecule has 1 unspecified atom stereocenters. The number of rotatable bonds is 6. The van der Waals surface area contributed by atoms with Crippen LogP contribution in [0.2, 0.25) is 0 Å². The summed E-state index contributed by atoms with van der Waals surface area (Å²) in [5.41, 5.74) is 0. The first-order valence-electron chi connectivity index (χ1n) is 7.68. The molecular formula is C15H22N4O2. The first-order chi connectivity index (χ1) is 10.4. The van der Waals surface area contributed by atoms with E-state index in [9.17, 15) is 0 Å². The van der Waals surface area contributed by atoms with Crippen molar-refractivity contribution >= 4 is 0 Å². The molecule has 3 heterocycles. The lowest BCUT2D eigenvalue weighted by Crippen LogP contribution is -2.46. The quantitative estimate of drug-likeness (QED) is 0.880. The lowest BCUT2D eigenvalue weighted by molar-refractivity contribution is 0.153. The maximum absolute atomic E-state index is 5.28. The van der Waals surface area contributed by atoms with Crippen LogP contribution >= 0.6 is 0 Å². The number of piperidine rings is 1. The second-order valence-corrected chi connectivity index (χ2v) is 5.46. The molecule has 0 aliphatic carbocycles. The molecule has 21 heavy (non-hydrogen) atoms. The van der Waals surface area contributed by atoms with Crippen molar-refractivity contribution < 1.29 is 8.94 Å². The summed E-state index contributed by atoms with van der Waals surface area (Å²) >= 11 is 0. The van der Waals surface area contributed by atoms with Crippen LogP contribution in [-0.2, 0) is 6.54 Å².